The predicted octanol–water partition coefficient (Wildman–Crippen LogP) is 8.90. The maximum Gasteiger partial charge on any atom is 0.129 e. The van der Waals surface area contributed by atoms with Crippen molar-refractivity contribution in [1.29, 1.82) is 0 Å². The van der Waals surface area contributed by atoms with E-state index in [-0.39, 0.29) is 0 Å². The molecule has 1 aromatic heterocycles. The average molecular weight is 544 g/mol. The number of para-hydroxylation sites is 1. The Hall–Kier alpha value is -4.68. The van der Waals surface area contributed by atoms with Gasteiger partial charge in [-0.1, -0.05) is 36.4 Å². The van der Waals surface area contributed by atoms with Crippen LogP contribution in [0.15, 0.2) is 133 Å². The molecule has 0 saturated carbocycles. The molecule has 1 aliphatic heterocycles. The van der Waals surface area contributed by atoms with Crippen LogP contribution in [-0.2, 0) is 0 Å². The lowest BCUT2D eigenvalue weighted by Crippen LogP contribution is -2.21. The molecule has 0 atom stereocenters. The minimum atomic E-state index is 0.776. The van der Waals surface area contributed by atoms with Crippen molar-refractivity contribution < 1.29 is 9.47 Å². The number of hydrogen-bond donors (Lipinski definition) is 0. The van der Waals surface area contributed by atoms with E-state index in [0.29, 0.717) is 0 Å². The minimum Gasteiger partial charge on any atom is -0.457 e. The van der Waals surface area contributed by atoms with Gasteiger partial charge in [-0.05, 0) is 84.1 Å². The van der Waals surface area contributed by atoms with Gasteiger partial charge >= 0.3 is 0 Å². The van der Waals surface area contributed by atoms with Crippen LogP contribution >= 0.6 is 11.8 Å². The lowest BCUT2D eigenvalue weighted by Gasteiger charge is -2.19. The molecule has 0 spiro atoms. The SMILES string of the molecule is CSc1cc(Oc2cccc(N3C=CN(C)C3)c2)cc(-c2cc(-c3cccc(Oc4ccccc4)c3)ccn2)c1. The van der Waals surface area contributed by atoms with Crippen molar-refractivity contribution in [2.45, 2.75) is 4.90 Å². The molecule has 0 radical (unpaired) electrons. The van der Waals surface area contributed by atoms with E-state index in [1.165, 1.54) is 0 Å². The van der Waals surface area contributed by atoms with Gasteiger partial charge in [0.05, 0.1) is 12.4 Å². The number of anilines is 1. The molecule has 0 fully saturated rings. The molecule has 0 N–H and O–H groups in total. The molecular formula is C34H29N3O2S. The molecule has 198 valence electrons. The summed E-state index contributed by atoms with van der Waals surface area (Å²) in [6.07, 6.45) is 8.07. The molecule has 40 heavy (non-hydrogen) atoms. The summed E-state index contributed by atoms with van der Waals surface area (Å²) in [4.78, 5) is 10.1. The van der Waals surface area contributed by atoms with E-state index in [9.17, 15) is 0 Å². The number of nitrogens with zero attached hydrogens (tertiary/aromatic N) is 3. The number of hydrogen-bond acceptors (Lipinski definition) is 6. The zero-order chi connectivity index (χ0) is 27.3. The lowest BCUT2D eigenvalue weighted by atomic mass is 10.0. The Balaban J connectivity index is 1.27. The highest BCUT2D eigenvalue weighted by Gasteiger charge is 2.13. The predicted molar refractivity (Wildman–Crippen MR) is 164 cm³/mol. The Morgan fingerprint density at radius 1 is 0.650 bits per heavy atom. The highest BCUT2D eigenvalue weighted by atomic mass is 32.2. The Kier molecular flexibility index (Phi) is 7.42. The molecule has 2 heterocycles. The summed E-state index contributed by atoms with van der Waals surface area (Å²) >= 11 is 1.68. The fourth-order valence-corrected chi connectivity index (χ4v) is 5.07. The summed E-state index contributed by atoms with van der Waals surface area (Å²) in [5.74, 6) is 3.17. The van der Waals surface area contributed by atoms with E-state index in [1.54, 1.807) is 11.8 Å². The smallest absolute Gasteiger partial charge is 0.129 e. The molecule has 0 amide bonds. The summed E-state index contributed by atoms with van der Waals surface area (Å²) < 4.78 is 12.4. The topological polar surface area (TPSA) is 37.8 Å². The van der Waals surface area contributed by atoms with Crippen LogP contribution in [-0.4, -0.2) is 29.9 Å². The van der Waals surface area contributed by atoms with Crippen molar-refractivity contribution in [3.05, 3.63) is 128 Å². The van der Waals surface area contributed by atoms with Gasteiger partial charge in [-0.3, -0.25) is 4.98 Å². The maximum atomic E-state index is 6.38. The largest absolute Gasteiger partial charge is 0.457 e. The summed E-state index contributed by atoms with van der Waals surface area (Å²) in [6.45, 7) is 0.818. The van der Waals surface area contributed by atoms with Crippen LogP contribution in [0.1, 0.15) is 0 Å². The molecule has 4 aromatic carbocycles. The van der Waals surface area contributed by atoms with Gasteiger partial charge < -0.3 is 19.3 Å². The van der Waals surface area contributed by atoms with Gasteiger partial charge in [-0.25, -0.2) is 0 Å². The highest BCUT2D eigenvalue weighted by Crippen LogP contribution is 2.35. The van der Waals surface area contributed by atoms with E-state index in [0.717, 1.165) is 62.6 Å². The van der Waals surface area contributed by atoms with Gasteiger partial charge in [-0.2, -0.15) is 0 Å². The molecule has 0 saturated heterocycles. The first-order valence-electron chi connectivity index (χ1n) is 13.0. The first-order chi connectivity index (χ1) is 19.6. The first-order valence-corrected chi connectivity index (χ1v) is 14.3. The first kappa shape index (κ1) is 25.6. The average Bonchev–Trinajstić information content (AvgIpc) is 3.44. The van der Waals surface area contributed by atoms with Gasteiger partial charge in [0.1, 0.15) is 23.0 Å². The molecule has 0 bridgehead atoms. The van der Waals surface area contributed by atoms with Gasteiger partial charge in [0.25, 0.3) is 0 Å². The van der Waals surface area contributed by atoms with Crippen molar-refractivity contribution in [1.82, 2.24) is 9.88 Å². The van der Waals surface area contributed by atoms with Gasteiger partial charge in [0.15, 0.2) is 0 Å². The van der Waals surface area contributed by atoms with E-state index >= 15 is 0 Å². The summed E-state index contributed by atoms with van der Waals surface area (Å²) in [5, 5.41) is 0. The molecule has 0 unspecified atom stereocenters. The highest BCUT2D eigenvalue weighted by molar-refractivity contribution is 7.98. The van der Waals surface area contributed by atoms with Crippen LogP contribution in [0, 0.1) is 0 Å². The molecule has 5 aromatic rings. The Labute approximate surface area is 239 Å². The second-order valence-electron chi connectivity index (χ2n) is 9.54. The van der Waals surface area contributed by atoms with Gasteiger partial charge in [0.2, 0.25) is 0 Å². The zero-order valence-electron chi connectivity index (χ0n) is 22.4. The van der Waals surface area contributed by atoms with Crippen LogP contribution < -0.4 is 14.4 Å². The van der Waals surface area contributed by atoms with Crippen molar-refractivity contribution in [2.24, 2.45) is 0 Å². The molecular weight excluding hydrogens is 514 g/mol. The monoisotopic (exact) mass is 543 g/mol. The van der Waals surface area contributed by atoms with Crippen LogP contribution in [0.25, 0.3) is 22.4 Å². The van der Waals surface area contributed by atoms with Crippen molar-refractivity contribution in [3.8, 4) is 45.4 Å². The number of aromatic nitrogens is 1. The summed E-state index contributed by atoms with van der Waals surface area (Å²) in [7, 11) is 2.06. The normalized spacial score (nSPS) is 12.6. The number of rotatable bonds is 8. The molecule has 0 aliphatic carbocycles. The lowest BCUT2D eigenvalue weighted by molar-refractivity contribution is 0.479. The third-order valence-electron chi connectivity index (χ3n) is 6.58. The van der Waals surface area contributed by atoms with Crippen molar-refractivity contribution in [2.75, 3.05) is 24.9 Å². The second-order valence-corrected chi connectivity index (χ2v) is 10.4. The third-order valence-corrected chi connectivity index (χ3v) is 7.29. The van der Waals surface area contributed by atoms with Gasteiger partial charge in [0, 0.05) is 47.9 Å². The standard InChI is InChI=1S/C34H29N3O2S/c1-36-16-17-37(24-36)28-9-7-13-31(22-28)39-32-19-27(20-33(23-32)40-2)34-21-26(14-15-35-34)25-8-6-12-30(18-25)38-29-10-4-3-5-11-29/h3-23H,24H2,1-2H3. The van der Waals surface area contributed by atoms with Gasteiger partial charge in [-0.15, -0.1) is 11.8 Å². The summed E-state index contributed by atoms with van der Waals surface area (Å²) in [6, 6.07) is 36.5. The second kappa shape index (κ2) is 11.6. The third kappa shape index (κ3) is 5.98. The maximum absolute atomic E-state index is 6.38. The molecule has 1 aliphatic rings. The number of thioether (sulfide) groups is 1. The Bertz CT molecular complexity index is 1650. The molecule has 5 nitrogen and oxygen atoms in total. The zero-order valence-corrected chi connectivity index (χ0v) is 23.2. The van der Waals surface area contributed by atoms with Crippen molar-refractivity contribution in [3.63, 3.8) is 0 Å². The van der Waals surface area contributed by atoms with Crippen LogP contribution in [0.3, 0.4) is 0 Å². The van der Waals surface area contributed by atoms with Crippen LogP contribution in [0.2, 0.25) is 0 Å². The quantitative estimate of drug-likeness (QED) is 0.182. The Morgan fingerprint density at radius 2 is 1.38 bits per heavy atom. The number of pyridine rings is 1. The van der Waals surface area contributed by atoms with E-state index in [1.807, 2.05) is 66.9 Å². The number of benzene rings is 4. The van der Waals surface area contributed by atoms with E-state index < -0.39 is 0 Å². The van der Waals surface area contributed by atoms with E-state index in [2.05, 4.69) is 84.0 Å². The molecule has 6 rings (SSSR count). The van der Waals surface area contributed by atoms with E-state index in [4.69, 9.17) is 14.5 Å². The summed E-state index contributed by atoms with van der Waals surface area (Å²) in [5.41, 5.74) is 5.10. The number of ether oxygens (including phenoxy) is 2. The fourth-order valence-electron chi connectivity index (χ4n) is 4.59. The minimum absolute atomic E-state index is 0.776. The van der Waals surface area contributed by atoms with Crippen molar-refractivity contribution >= 4 is 17.4 Å². The molecule has 6 heteroatoms. The Morgan fingerprint density at radius 3 is 2.17 bits per heavy atom. The van der Waals surface area contributed by atoms with Crippen LogP contribution in [0.5, 0.6) is 23.0 Å². The fraction of sp³-hybridized carbons (Fsp3) is 0.0882. The van der Waals surface area contributed by atoms with Crippen LogP contribution in [0.4, 0.5) is 5.69 Å².